The highest BCUT2D eigenvalue weighted by atomic mass is 35.5. The molecule has 0 radical (unpaired) electrons. The first-order chi connectivity index (χ1) is 9.54. The van der Waals surface area contributed by atoms with Crippen molar-refractivity contribution in [2.45, 2.75) is 6.54 Å². The van der Waals surface area contributed by atoms with E-state index in [1.165, 1.54) is 11.8 Å². The molecule has 0 aliphatic heterocycles. The molecule has 2 aromatic rings. The Morgan fingerprint density at radius 1 is 1.20 bits per heavy atom. The first-order valence-corrected chi connectivity index (χ1v) is 6.59. The van der Waals surface area contributed by atoms with E-state index in [0.717, 1.165) is 12.2 Å². The fourth-order valence-corrected chi connectivity index (χ4v) is 1.88. The summed E-state index contributed by atoms with van der Waals surface area (Å²) in [5.74, 6) is -0.200. The average molecular weight is 290 g/mol. The van der Waals surface area contributed by atoms with Gasteiger partial charge in [-0.1, -0.05) is 23.7 Å². The Kier molecular flexibility index (Phi) is 4.71. The Hall–Kier alpha value is -1.91. The van der Waals surface area contributed by atoms with Gasteiger partial charge in [-0.25, -0.2) is 4.98 Å². The van der Waals surface area contributed by atoms with Gasteiger partial charge in [0.1, 0.15) is 5.15 Å². The standard InChI is InChI=1S/C15H16ClN3O/c1-19(2)10-11-3-6-13(7-4-11)18-15(20)12-5-8-14(16)17-9-12/h3-9H,10H2,1-2H3,(H,18,20). The van der Waals surface area contributed by atoms with Gasteiger partial charge in [-0.2, -0.15) is 0 Å². The number of nitrogens with one attached hydrogen (secondary N) is 1. The van der Waals surface area contributed by atoms with Gasteiger partial charge in [0.15, 0.2) is 0 Å². The second-order valence-electron chi connectivity index (χ2n) is 4.76. The fraction of sp³-hybridized carbons (Fsp3) is 0.200. The third-order valence-corrected chi connectivity index (χ3v) is 2.92. The summed E-state index contributed by atoms with van der Waals surface area (Å²) in [6, 6.07) is 11.0. The van der Waals surface area contributed by atoms with Crippen molar-refractivity contribution in [2.24, 2.45) is 0 Å². The molecule has 0 atom stereocenters. The zero-order chi connectivity index (χ0) is 14.5. The van der Waals surface area contributed by atoms with Crippen molar-refractivity contribution in [3.05, 3.63) is 58.9 Å². The Morgan fingerprint density at radius 3 is 2.45 bits per heavy atom. The summed E-state index contributed by atoms with van der Waals surface area (Å²) in [5.41, 5.74) is 2.43. The zero-order valence-corrected chi connectivity index (χ0v) is 12.2. The quantitative estimate of drug-likeness (QED) is 0.880. The van der Waals surface area contributed by atoms with Crippen LogP contribution < -0.4 is 5.32 Å². The lowest BCUT2D eigenvalue weighted by Gasteiger charge is -2.10. The van der Waals surface area contributed by atoms with Crippen molar-refractivity contribution in [3.8, 4) is 0 Å². The zero-order valence-electron chi connectivity index (χ0n) is 11.4. The van der Waals surface area contributed by atoms with Crippen LogP contribution in [0.25, 0.3) is 0 Å². The molecule has 1 aromatic carbocycles. The molecule has 2 rings (SSSR count). The topological polar surface area (TPSA) is 45.2 Å². The van der Waals surface area contributed by atoms with E-state index in [0.29, 0.717) is 10.7 Å². The van der Waals surface area contributed by atoms with E-state index < -0.39 is 0 Å². The maximum atomic E-state index is 12.0. The molecule has 1 amide bonds. The molecule has 0 saturated carbocycles. The maximum Gasteiger partial charge on any atom is 0.257 e. The molecule has 4 nitrogen and oxygen atoms in total. The van der Waals surface area contributed by atoms with Gasteiger partial charge in [-0.3, -0.25) is 4.79 Å². The highest BCUT2D eigenvalue weighted by molar-refractivity contribution is 6.29. The number of amides is 1. The highest BCUT2D eigenvalue weighted by Crippen LogP contribution is 2.13. The molecular formula is C15H16ClN3O. The molecule has 1 aromatic heterocycles. The predicted molar refractivity (Wildman–Crippen MR) is 81.0 cm³/mol. The molecule has 0 unspecified atom stereocenters. The van der Waals surface area contributed by atoms with Crippen LogP contribution in [0.15, 0.2) is 42.6 Å². The van der Waals surface area contributed by atoms with Crippen molar-refractivity contribution in [3.63, 3.8) is 0 Å². The lowest BCUT2D eigenvalue weighted by molar-refractivity contribution is 0.102. The van der Waals surface area contributed by atoms with Gasteiger partial charge in [-0.15, -0.1) is 0 Å². The van der Waals surface area contributed by atoms with Crippen LogP contribution in [0, 0.1) is 0 Å². The normalized spacial score (nSPS) is 10.6. The maximum absolute atomic E-state index is 12.0. The summed E-state index contributed by atoms with van der Waals surface area (Å²) < 4.78 is 0. The smallest absolute Gasteiger partial charge is 0.257 e. The summed E-state index contributed by atoms with van der Waals surface area (Å²) in [7, 11) is 4.03. The van der Waals surface area contributed by atoms with Crippen molar-refractivity contribution in [1.82, 2.24) is 9.88 Å². The molecule has 0 aliphatic rings. The minimum absolute atomic E-state index is 0.200. The van der Waals surface area contributed by atoms with E-state index in [4.69, 9.17) is 11.6 Å². The van der Waals surface area contributed by atoms with Crippen LogP contribution in [-0.2, 0) is 6.54 Å². The largest absolute Gasteiger partial charge is 0.322 e. The third-order valence-electron chi connectivity index (χ3n) is 2.70. The van der Waals surface area contributed by atoms with Crippen molar-refractivity contribution >= 4 is 23.2 Å². The summed E-state index contributed by atoms with van der Waals surface area (Å²) >= 11 is 5.69. The summed E-state index contributed by atoms with van der Waals surface area (Å²) in [6.45, 7) is 0.870. The van der Waals surface area contributed by atoms with Gasteiger partial charge in [-0.05, 0) is 43.9 Å². The second kappa shape index (κ2) is 6.50. The lowest BCUT2D eigenvalue weighted by atomic mass is 10.2. The van der Waals surface area contributed by atoms with Gasteiger partial charge in [0.05, 0.1) is 5.56 Å². The molecule has 0 saturated heterocycles. The Labute approximate surface area is 123 Å². The van der Waals surface area contributed by atoms with Crippen LogP contribution in [0.3, 0.4) is 0 Å². The summed E-state index contributed by atoms with van der Waals surface area (Å²) in [6.07, 6.45) is 1.46. The first kappa shape index (κ1) is 14.5. The van der Waals surface area contributed by atoms with Crippen molar-refractivity contribution in [1.29, 1.82) is 0 Å². The van der Waals surface area contributed by atoms with E-state index in [2.05, 4.69) is 15.2 Å². The van der Waals surface area contributed by atoms with Crippen LogP contribution in [0.1, 0.15) is 15.9 Å². The summed E-state index contributed by atoms with van der Waals surface area (Å²) in [5, 5.41) is 3.19. The molecule has 20 heavy (non-hydrogen) atoms. The van der Waals surface area contributed by atoms with Crippen LogP contribution >= 0.6 is 11.6 Å². The minimum atomic E-state index is -0.200. The van der Waals surface area contributed by atoms with E-state index in [1.54, 1.807) is 12.1 Å². The molecule has 0 spiro atoms. The van der Waals surface area contributed by atoms with E-state index >= 15 is 0 Å². The lowest BCUT2D eigenvalue weighted by Crippen LogP contribution is -2.13. The van der Waals surface area contributed by atoms with Crippen molar-refractivity contribution < 1.29 is 4.79 Å². The number of pyridine rings is 1. The van der Waals surface area contributed by atoms with E-state index in [-0.39, 0.29) is 5.91 Å². The molecule has 5 heteroatoms. The van der Waals surface area contributed by atoms with Gasteiger partial charge in [0, 0.05) is 18.4 Å². The number of halogens is 1. The Bertz CT molecular complexity index is 579. The van der Waals surface area contributed by atoms with Gasteiger partial charge in [0.2, 0.25) is 0 Å². The molecule has 1 N–H and O–H groups in total. The number of anilines is 1. The van der Waals surface area contributed by atoms with E-state index in [1.807, 2.05) is 38.4 Å². The monoisotopic (exact) mass is 289 g/mol. The molecule has 104 valence electrons. The number of nitrogens with zero attached hydrogens (tertiary/aromatic N) is 2. The van der Waals surface area contributed by atoms with Gasteiger partial charge in [0.25, 0.3) is 5.91 Å². The highest BCUT2D eigenvalue weighted by Gasteiger charge is 2.06. The van der Waals surface area contributed by atoms with Crippen LogP contribution in [0.2, 0.25) is 5.15 Å². The van der Waals surface area contributed by atoms with Crippen LogP contribution in [0.5, 0.6) is 0 Å². The first-order valence-electron chi connectivity index (χ1n) is 6.21. The molecule has 0 fully saturated rings. The number of carbonyl (C=O) groups is 1. The number of rotatable bonds is 4. The number of hydrogen-bond acceptors (Lipinski definition) is 3. The minimum Gasteiger partial charge on any atom is -0.322 e. The van der Waals surface area contributed by atoms with Crippen LogP contribution in [0.4, 0.5) is 5.69 Å². The molecule has 0 aliphatic carbocycles. The number of carbonyl (C=O) groups excluding carboxylic acids is 1. The van der Waals surface area contributed by atoms with Gasteiger partial charge < -0.3 is 10.2 Å². The third kappa shape index (κ3) is 4.05. The SMILES string of the molecule is CN(C)Cc1ccc(NC(=O)c2ccc(Cl)nc2)cc1. The predicted octanol–water partition coefficient (Wildman–Crippen LogP) is 3.05. The molecule has 1 heterocycles. The van der Waals surface area contributed by atoms with Crippen LogP contribution in [-0.4, -0.2) is 29.9 Å². The molecule has 0 bridgehead atoms. The Morgan fingerprint density at radius 2 is 1.90 bits per heavy atom. The number of aromatic nitrogens is 1. The van der Waals surface area contributed by atoms with E-state index in [9.17, 15) is 4.79 Å². The Balaban J connectivity index is 2.02. The number of hydrogen-bond donors (Lipinski definition) is 1. The van der Waals surface area contributed by atoms with Crippen molar-refractivity contribution in [2.75, 3.05) is 19.4 Å². The summed E-state index contributed by atoms with van der Waals surface area (Å²) in [4.78, 5) is 18.0. The molecular weight excluding hydrogens is 274 g/mol. The average Bonchev–Trinajstić information content (AvgIpc) is 2.41. The second-order valence-corrected chi connectivity index (χ2v) is 5.15. The van der Waals surface area contributed by atoms with Gasteiger partial charge >= 0.3 is 0 Å². The fourth-order valence-electron chi connectivity index (χ4n) is 1.77. The number of benzene rings is 1.